The van der Waals surface area contributed by atoms with Crippen LogP contribution in [0.4, 0.5) is 5.69 Å². The van der Waals surface area contributed by atoms with E-state index in [-0.39, 0.29) is 6.10 Å². The molecule has 1 saturated heterocycles. The third kappa shape index (κ3) is 9.63. The minimum absolute atomic E-state index is 0.0842. The van der Waals surface area contributed by atoms with E-state index in [0.29, 0.717) is 45.6 Å². The van der Waals surface area contributed by atoms with Crippen LogP contribution in [0.5, 0.6) is 17.2 Å². The van der Waals surface area contributed by atoms with Gasteiger partial charge in [0, 0.05) is 51.6 Å². The SMILES string of the molecule is CNc1ccc(COC2CNCC[C@@H]2c2ccc(OCCCOCc3ccccc3OC)cc2)cc1OCCCOC. The minimum Gasteiger partial charge on any atom is -0.496 e. The van der Waals surface area contributed by atoms with E-state index in [1.54, 1.807) is 14.2 Å². The third-order valence-corrected chi connectivity index (χ3v) is 7.42. The average molecular weight is 579 g/mol. The Morgan fingerprint density at radius 2 is 1.64 bits per heavy atom. The van der Waals surface area contributed by atoms with Crippen molar-refractivity contribution in [1.29, 1.82) is 0 Å². The van der Waals surface area contributed by atoms with Crippen molar-refractivity contribution in [2.75, 3.05) is 66.1 Å². The Morgan fingerprint density at radius 1 is 0.833 bits per heavy atom. The smallest absolute Gasteiger partial charge is 0.142 e. The van der Waals surface area contributed by atoms with E-state index in [0.717, 1.165) is 66.4 Å². The number of hydrogen-bond acceptors (Lipinski definition) is 8. The zero-order chi connectivity index (χ0) is 29.4. The van der Waals surface area contributed by atoms with Gasteiger partial charge in [0.1, 0.15) is 17.2 Å². The van der Waals surface area contributed by atoms with Crippen LogP contribution in [0, 0.1) is 0 Å². The van der Waals surface area contributed by atoms with E-state index in [2.05, 4.69) is 47.0 Å². The zero-order valence-corrected chi connectivity index (χ0v) is 25.2. The second kappa shape index (κ2) is 17.6. The largest absolute Gasteiger partial charge is 0.496 e. The summed E-state index contributed by atoms with van der Waals surface area (Å²) >= 11 is 0. The summed E-state index contributed by atoms with van der Waals surface area (Å²) in [5.41, 5.74) is 4.39. The highest BCUT2D eigenvalue weighted by Crippen LogP contribution is 2.31. The van der Waals surface area contributed by atoms with Gasteiger partial charge in [0.05, 0.1) is 51.9 Å². The lowest BCUT2D eigenvalue weighted by Crippen LogP contribution is -2.40. The van der Waals surface area contributed by atoms with Crippen LogP contribution in [0.1, 0.15) is 41.9 Å². The van der Waals surface area contributed by atoms with Crippen LogP contribution in [0.3, 0.4) is 0 Å². The van der Waals surface area contributed by atoms with E-state index in [1.807, 2.05) is 37.4 Å². The first-order valence-electron chi connectivity index (χ1n) is 14.9. The highest BCUT2D eigenvalue weighted by molar-refractivity contribution is 5.57. The summed E-state index contributed by atoms with van der Waals surface area (Å²) in [6, 6.07) is 22.6. The van der Waals surface area contributed by atoms with E-state index >= 15 is 0 Å². The third-order valence-electron chi connectivity index (χ3n) is 7.42. The number of rotatable bonds is 18. The Labute approximate surface area is 250 Å². The molecule has 8 heteroatoms. The lowest BCUT2D eigenvalue weighted by atomic mass is 9.87. The van der Waals surface area contributed by atoms with Crippen molar-refractivity contribution in [2.24, 2.45) is 0 Å². The molecule has 1 heterocycles. The molecule has 0 bridgehead atoms. The van der Waals surface area contributed by atoms with E-state index in [4.69, 9.17) is 28.4 Å². The first kappa shape index (κ1) is 31.6. The summed E-state index contributed by atoms with van der Waals surface area (Å²) < 4.78 is 34.8. The summed E-state index contributed by atoms with van der Waals surface area (Å²) in [4.78, 5) is 0. The number of nitrogens with one attached hydrogen (secondary N) is 2. The van der Waals surface area contributed by atoms with Crippen molar-refractivity contribution >= 4 is 5.69 Å². The maximum atomic E-state index is 6.48. The quantitative estimate of drug-likeness (QED) is 0.183. The Bertz CT molecular complexity index is 1190. The maximum Gasteiger partial charge on any atom is 0.142 e. The molecule has 0 spiro atoms. The highest BCUT2D eigenvalue weighted by atomic mass is 16.5. The molecule has 0 aliphatic carbocycles. The summed E-state index contributed by atoms with van der Waals surface area (Å²) in [5, 5.41) is 6.70. The van der Waals surface area contributed by atoms with Crippen molar-refractivity contribution in [1.82, 2.24) is 5.32 Å². The zero-order valence-electron chi connectivity index (χ0n) is 25.2. The second-order valence-corrected chi connectivity index (χ2v) is 10.4. The molecule has 228 valence electrons. The molecule has 1 aliphatic heterocycles. The van der Waals surface area contributed by atoms with Crippen LogP contribution in [0.25, 0.3) is 0 Å². The molecule has 3 aromatic carbocycles. The van der Waals surface area contributed by atoms with Crippen LogP contribution in [-0.4, -0.2) is 66.9 Å². The minimum atomic E-state index is 0.0842. The van der Waals surface area contributed by atoms with Gasteiger partial charge in [-0.2, -0.15) is 0 Å². The number of anilines is 1. The van der Waals surface area contributed by atoms with Crippen LogP contribution in [-0.2, 0) is 27.4 Å². The molecule has 4 rings (SSSR count). The van der Waals surface area contributed by atoms with Crippen LogP contribution in [0.15, 0.2) is 66.7 Å². The Morgan fingerprint density at radius 3 is 2.45 bits per heavy atom. The van der Waals surface area contributed by atoms with Crippen molar-refractivity contribution in [3.63, 3.8) is 0 Å². The van der Waals surface area contributed by atoms with Crippen LogP contribution >= 0.6 is 0 Å². The van der Waals surface area contributed by atoms with Crippen molar-refractivity contribution in [3.8, 4) is 17.2 Å². The molecule has 42 heavy (non-hydrogen) atoms. The summed E-state index contributed by atoms with van der Waals surface area (Å²) in [7, 11) is 5.29. The maximum absolute atomic E-state index is 6.48. The summed E-state index contributed by atoms with van der Waals surface area (Å²) in [6.07, 6.45) is 2.77. The molecule has 0 amide bonds. The number of methoxy groups -OCH3 is 2. The molecule has 0 saturated carbocycles. The van der Waals surface area contributed by atoms with Crippen molar-refractivity contribution < 1.29 is 28.4 Å². The lowest BCUT2D eigenvalue weighted by molar-refractivity contribution is 0.0105. The molecular weight excluding hydrogens is 532 g/mol. The average Bonchev–Trinajstić information content (AvgIpc) is 3.04. The molecule has 2 atom stereocenters. The molecular formula is C34H46N2O6. The van der Waals surface area contributed by atoms with Crippen molar-refractivity contribution in [3.05, 3.63) is 83.4 Å². The molecule has 0 aromatic heterocycles. The summed E-state index contributed by atoms with van der Waals surface area (Å²) in [5.74, 6) is 2.89. The monoisotopic (exact) mass is 578 g/mol. The van der Waals surface area contributed by atoms with Gasteiger partial charge < -0.3 is 39.1 Å². The fraction of sp³-hybridized carbons (Fsp3) is 0.471. The Hall–Kier alpha value is -3.30. The standard InChI is InChI=1S/C34H46N2O6/c1-35-31-15-10-26(22-33(31)41-21-6-18-37-2)24-42-34-23-36-17-16-30(34)27-11-13-29(14-12-27)40-20-7-19-39-25-28-8-4-5-9-32(28)38-3/h4-5,8-15,22,30,34-36H,6-7,16-21,23-25H2,1-3H3/t30-,34?/m1/s1. The molecule has 1 fully saturated rings. The normalized spacial score (nSPS) is 16.6. The molecule has 3 aromatic rings. The molecule has 8 nitrogen and oxygen atoms in total. The Balaban J connectivity index is 1.23. The fourth-order valence-corrected chi connectivity index (χ4v) is 5.12. The van der Waals surface area contributed by atoms with Gasteiger partial charge in [-0.05, 0) is 54.4 Å². The van der Waals surface area contributed by atoms with Gasteiger partial charge in [0.15, 0.2) is 0 Å². The molecule has 1 aliphatic rings. The fourth-order valence-electron chi connectivity index (χ4n) is 5.12. The molecule has 1 unspecified atom stereocenters. The number of para-hydroxylation sites is 1. The predicted molar refractivity (Wildman–Crippen MR) is 166 cm³/mol. The van der Waals surface area contributed by atoms with Crippen molar-refractivity contribution in [2.45, 2.75) is 44.5 Å². The van der Waals surface area contributed by atoms with Gasteiger partial charge in [-0.15, -0.1) is 0 Å². The second-order valence-electron chi connectivity index (χ2n) is 10.4. The number of ether oxygens (including phenoxy) is 6. The number of benzene rings is 3. The molecule has 0 radical (unpaired) electrons. The van der Waals surface area contributed by atoms with Crippen LogP contribution < -0.4 is 24.8 Å². The van der Waals surface area contributed by atoms with Gasteiger partial charge in [-0.25, -0.2) is 0 Å². The number of piperidine rings is 1. The molecule has 2 N–H and O–H groups in total. The highest BCUT2D eigenvalue weighted by Gasteiger charge is 2.27. The number of hydrogen-bond donors (Lipinski definition) is 2. The summed E-state index contributed by atoms with van der Waals surface area (Å²) in [6.45, 7) is 5.39. The van der Waals surface area contributed by atoms with E-state index in [9.17, 15) is 0 Å². The van der Waals surface area contributed by atoms with Gasteiger partial charge in [-0.1, -0.05) is 36.4 Å². The topological polar surface area (TPSA) is 79.4 Å². The van der Waals surface area contributed by atoms with Crippen LogP contribution in [0.2, 0.25) is 0 Å². The first-order chi connectivity index (χ1) is 20.7. The van der Waals surface area contributed by atoms with Gasteiger partial charge >= 0.3 is 0 Å². The van der Waals surface area contributed by atoms with Gasteiger partial charge in [0.25, 0.3) is 0 Å². The van der Waals surface area contributed by atoms with E-state index < -0.39 is 0 Å². The van der Waals surface area contributed by atoms with E-state index in [1.165, 1.54) is 5.56 Å². The first-order valence-corrected chi connectivity index (χ1v) is 14.9. The predicted octanol–water partition coefficient (Wildman–Crippen LogP) is 5.80. The Kier molecular flexibility index (Phi) is 13.3. The van der Waals surface area contributed by atoms with Gasteiger partial charge in [-0.3, -0.25) is 0 Å². The lowest BCUT2D eigenvalue weighted by Gasteiger charge is -2.32. The van der Waals surface area contributed by atoms with Gasteiger partial charge in [0.2, 0.25) is 0 Å².